The van der Waals surface area contributed by atoms with Gasteiger partial charge in [-0.3, -0.25) is 4.72 Å². The quantitative estimate of drug-likeness (QED) is 0.199. The molecule has 2 aromatic heterocycles. The fourth-order valence-electron chi connectivity index (χ4n) is 3.58. The van der Waals surface area contributed by atoms with E-state index in [1.807, 2.05) is 42.5 Å². The predicted molar refractivity (Wildman–Crippen MR) is 150 cm³/mol. The molecule has 0 aliphatic heterocycles. The summed E-state index contributed by atoms with van der Waals surface area (Å²) in [5.74, 6) is 0.737. The molecule has 7 nitrogen and oxygen atoms in total. The van der Waals surface area contributed by atoms with Gasteiger partial charge >= 0.3 is 0 Å². The molecule has 2 N–H and O–H groups in total. The second kappa shape index (κ2) is 10.2. The SMILES string of the molecule is O=S(=O)(Nc1ccc(CNc2cc(-c3ccccc3Cl)nc3c(Br)cnn23)cc1)c1ccc(Br)cc1. The van der Waals surface area contributed by atoms with Crippen LogP contribution in [0.25, 0.3) is 16.9 Å². The van der Waals surface area contributed by atoms with Gasteiger partial charge in [0.1, 0.15) is 5.82 Å². The fourth-order valence-corrected chi connectivity index (χ4v) is 5.48. The lowest BCUT2D eigenvalue weighted by atomic mass is 10.1. The average Bonchev–Trinajstić information content (AvgIpc) is 3.24. The Kier molecular flexibility index (Phi) is 7.03. The van der Waals surface area contributed by atoms with Crippen molar-refractivity contribution in [3.63, 3.8) is 0 Å². The summed E-state index contributed by atoms with van der Waals surface area (Å²) >= 11 is 13.2. The highest BCUT2D eigenvalue weighted by Crippen LogP contribution is 2.30. The summed E-state index contributed by atoms with van der Waals surface area (Å²) in [6.45, 7) is 0.484. The number of benzene rings is 3. The molecule has 182 valence electrons. The maximum atomic E-state index is 12.6. The molecule has 36 heavy (non-hydrogen) atoms. The number of rotatable bonds is 7. The molecule has 0 radical (unpaired) electrons. The van der Waals surface area contributed by atoms with Crippen LogP contribution in [0.4, 0.5) is 11.5 Å². The third-order valence-corrected chi connectivity index (χ3v) is 8.20. The van der Waals surface area contributed by atoms with E-state index < -0.39 is 10.0 Å². The average molecular weight is 648 g/mol. The smallest absolute Gasteiger partial charge is 0.261 e. The highest BCUT2D eigenvalue weighted by atomic mass is 79.9. The van der Waals surface area contributed by atoms with Gasteiger partial charge in [-0.2, -0.15) is 9.61 Å². The van der Waals surface area contributed by atoms with Gasteiger partial charge in [0.2, 0.25) is 0 Å². The molecule has 0 saturated carbocycles. The first-order valence-electron chi connectivity index (χ1n) is 10.7. The first-order chi connectivity index (χ1) is 17.3. The van der Waals surface area contributed by atoms with E-state index >= 15 is 0 Å². The van der Waals surface area contributed by atoms with Crippen LogP contribution >= 0.6 is 43.5 Å². The van der Waals surface area contributed by atoms with Crippen molar-refractivity contribution >= 4 is 70.6 Å². The topological polar surface area (TPSA) is 88.4 Å². The van der Waals surface area contributed by atoms with Crippen molar-refractivity contribution in [2.24, 2.45) is 0 Å². The Morgan fingerprint density at radius 3 is 2.39 bits per heavy atom. The van der Waals surface area contributed by atoms with Crippen LogP contribution in [-0.2, 0) is 16.6 Å². The van der Waals surface area contributed by atoms with Crippen LogP contribution in [0.2, 0.25) is 5.02 Å². The summed E-state index contributed by atoms with van der Waals surface area (Å²) in [5.41, 5.74) is 3.63. The van der Waals surface area contributed by atoms with E-state index in [0.29, 0.717) is 22.9 Å². The van der Waals surface area contributed by atoms with Crippen LogP contribution in [0.15, 0.2) is 98.9 Å². The highest BCUT2D eigenvalue weighted by Gasteiger charge is 2.15. The molecule has 0 aliphatic carbocycles. The van der Waals surface area contributed by atoms with Gasteiger partial charge in [-0.1, -0.05) is 57.9 Å². The minimum absolute atomic E-state index is 0.192. The number of fused-ring (bicyclic) bond motifs is 1. The van der Waals surface area contributed by atoms with Gasteiger partial charge in [0.25, 0.3) is 10.0 Å². The molecule has 5 aromatic rings. The zero-order valence-electron chi connectivity index (χ0n) is 18.5. The first-order valence-corrected chi connectivity index (χ1v) is 14.2. The van der Waals surface area contributed by atoms with Crippen LogP contribution in [0.5, 0.6) is 0 Å². The predicted octanol–water partition coefficient (Wildman–Crippen LogP) is 6.99. The van der Waals surface area contributed by atoms with Crippen molar-refractivity contribution in [2.45, 2.75) is 11.4 Å². The first kappa shape index (κ1) is 24.8. The lowest BCUT2D eigenvalue weighted by molar-refractivity contribution is 0.601. The van der Waals surface area contributed by atoms with Crippen molar-refractivity contribution in [1.29, 1.82) is 0 Å². The number of anilines is 2. The van der Waals surface area contributed by atoms with Crippen molar-refractivity contribution in [1.82, 2.24) is 14.6 Å². The van der Waals surface area contributed by atoms with Crippen LogP contribution in [0, 0.1) is 0 Å². The van der Waals surface area contributed by atoms with E-state index in [4.69, 9.17) is 16.6 Å². The minimum Gasteiger partial charge on any atom is -0.366 e. The lowest BCUT2D eigenvalue weighted by Crippen LogP contribution is -2.13. The molecule has 0 aliphatic rings. The summed E-state index contributed by atoms with van der Waals surface area (Å²) in [5, 5.41) is 8.42. The second-order valence-corrected chi connectivity index (χ2v) is 11.7. The Balaban J connectivity index is 1.35. The Hall–Kier alpha value is -2.92. The molecule has 0 spiro atoms. The molecule has 5 rings (SSSR count). The molecule has 0 bridgehead atoms. The standard InChI is InChI=1S/C25H18Br2ClN5O2S/c26-17-7-11-19(12-8-17)36(34,35)32-18-9-5-16(6-10-18)14-29-24-13-23(20-3-1-2-4-22(20)28)31-25-21(27)15-30-33(24)25/h1-13,15,29,32H,14H2. The second-order valence-electron chi connectivity index (χ2n) is 7.84. The number of halogens is 3. The zero-order chi connectivity index (χ0) is 25.3. The summed E-state index contributed by atoms with van der Waals surface area (Å²) in [7, 11) is -3.68. The van der Waals surface area contributed by atoms with Gasteiger partial charge in [0.15, 0.2) is 5.65 Å². The zero-order valence-corrected chi connectivity index (χ0v) is 23.2. The van der Waals surface area contributed by atoms with Gasteiger partial charge in [0, 0.05) is 33.4 Å². The Labute approximate surface area is 229 Å². The molecular formula is C25H18Br2ClN5O2S. The number of nitrogens with one attached hydrogen (secondary N) is 2. The number of nitrogens with zero attached hydrogens (tertiary/aromatic N) is 3. The maximum Gasteiger partial charge on any atom is 0.261 e. The van der Waals surface area contributed by atoms with Crippen LogP contribution in [-0.4, -0.2) is 23.0 Å². The molecule has 2 heterocycles. The van der Waals surface area contributed by atoms with E-state index in [1.54, 1.807) is 47.1 Å². The molecular weight excluding hydrogens is 630 g/mol. The normalized spacial score (nSPS) is 11.5. The monoisotopic (exact) mass is 645 g/mol. The number of hydrogen-bond donors (Lipinski definition) is 2. The van der Waals surface area contributed by atoms with Crippen LogP contribution in [0.3, 0.4) is 0 Å². The number of hydrogen-bond acceptors (Lipinski definition) is 5. The molecule has 0 saturated heterocycles. The van der Waals surface area contributed by atoms with Crippen LogP contribution in [0.1, 0.15) is 5.56 Å². The van der Waals surface area contributed by atoms with Gasteiger partial charge in [-0.25, -0.2) is 13.4 Å². The maximum absolute atomic E-state index is 12.6. The molecule has 11 heteroatoms. The van der Waals surface area contributed by atoms with Gasteiger partial charge in [0.05, 0.1) is 21.3 Å². The van der Waals surface area contributed by atoms with Crippen molar-refractivity contribution in [3.05, 3.63) is 105 Å². The number of aromatic nitrogens is 3. The van der Waals surface area contributed by atoms with Crippen molar-refractivity contribution in [3.8, 4) is 11.3 Å². The highest BCUT2D eigenvalue weighted by molar-refractivity contribution is 9.11. The van der Waals surface area contributed by atoms with Gasteiger partial charge in [-0.15, -0.1) is 0 Å². The molecule has 0 unspecified atom stereocenters. The third kappa shape index (κ3) is 5.27. The number of sulfonamides is 1. The van der Waals surface area contributed by atoms with Gasteiger partial charge < -0.3 is 5.32 Å². The van der Waals surface area contributed by atoms with E-state index in [2.05, 4.69) is 47.0 Å². The van der Waals surface area contributed by atoms with E-state index in [-0.39, 0.29) is 4.90 Å². The Morgan fingerprint density at radius 2 is 1.67 bits per heavy atom. The molecule has 0 atom stereocenters. The fraction of sp³-hybridized carbons (Fsp3) is 0.0400. The summed E-state index contributed by atoms with van der Waals surface area (Å²) in [6, 6.07) is 23.1. The van der Waals surface area contributed by atoms with E-state index in [1.165, 1.54) is 0 Å². The minimum atomic E-state index is -3.68. The third-order valence-electron chi connectivity index (χ3n) is 5.38. The summed E-state index contributed by atoms with van der Waals surface area (Å²) in [6.07, 6.45) is 1.69. The van der Waals surface area contributed by atoms with Crippen molar-refractivity contribution < 1.29 is 8.42 Å². The molecule has 0 amide bonds. The van der Waals surface area contributed by atoms with Crippen LogP contribution < -0.4 is 10.0 Å². The van der Waals surface area contributed by atoms with Crippen molar-refractivity contribution in [2.75, 3.05) is 10.0 Å². The summed E-state index contributed by atoms with van der Waals surface area (Å²) in [4.78, 5) is 4.91. The van der Waals surface area contributed by atoms with Gasteiger partial charge in [-0.05, 0) is 64.0 Å². The Morgan fingerprint density at radius 1 is 0.944 bits per heavy atom. The molecule has 3 aromatic carbocycles. The largest absolute Gasteiger partial charge is 0.366 e. The van der Waals surface area contributed by atoms with E-state index in [9.17, 15) is 8.42 Å². The Bertz CT molecular complexity index is 1660. The molecule has 0 fully saturated rings. The summed E-state index contributed by atoms with van der Waals surface area (Å²) < 4.78 is 31.2. The van der Waals surface area contributed by atoms with E-state index in [0.717, 1.165) is 31.6 Å². The lowest BCUT2D eigenvalue weighted by Gasteiger charge is -2.12.